The maximum atomic E-state index is 13.4. The Kier molecular flexibility index (Phi) is 6.20. The lowest BCUT2D eigenvalue weighted by molar-refractivity contribution is -0.130. The van der Waals surface area contributed by atoms with Crippen LogP contribution in [0.2, 0.25) is 0 Å². The fraction of sp³-hybridized carbons (Fsp3) is 0.286. The molecule has 0 N–H and O–H groups in total. The number of carbonyl (C=O) groups excluding carboxylic acids is 1. The second-order valence-corrected chi connectivity index (χ2v) is 8.88. The van der Waals surface area contributed by atoms with E-state index in [0.717, 1.165) is 39.3 Å². The zero-order chi connectivity index (χ0) is 20.2. The fourth-order valence-corrected chi connectivity index (χ4v) is 5.10. The highest BCUT2D eigenvalue weighted by Crippen LogP contribution is 2.34. The molecule has 0 spiro atoms. The van der Waals surface area contributed by atoms with Crippen LogP contribution in [-0.2, 0) is 4.79 Å². The van der Waals surface area contributed by atoms with E-state index in [2.05, 4.69) is 10.1 Å². The van der Waals surface area contributed by atoms with Crippen LogP contribution < -0.4 is 4.74 Å². The summed E-state index contributed by atoms with van der Waals surface area (Å²) < 4.78 is 19.6. The van der Waals surface area contributed by atoms with Crippen LogP contribution in [0.25, 0.3) is 0 Å². The standard InChI is InChI=1S/C21H20FN3O2S2/c1-27-17-8-4-14(5-9-17)18-12-19(15-2-6-16(22)7-3-15)25(24-18)20(26)13-29-21-23-10-11-28-21/h2-9,19H,10-13H2,1H3/t19-/m0/s1. The molecule has 0 radical (unpaired) electrons. The number of amides is 1. The Morgan fingerprint density at radius 3 is 2.66 bits per heavy atom. The minimum absolute atomic E-state index is 0.0805. The van der Waals surface area contributed by atoms with Crippen molar-refractivity contribution in [1.29, 1.82) is 0 Å². The molecule has 1 amide bonds. The van der Waals surface area contributed by atoms with Crippen molar-refractivity contribution in [2.24, 2.45) is 10.1 Å². The highest BCUT2D eigenvalue weighted by molar-refractivity contribution is 8.39. The number of hydrogen-bond donors (Lipinski definition) is 0. The highest BCUT2D eigenvalue weighted by atomic mass is 32.2. The number of rotatable bonds is 5. The van der Waals surface area contributed by atoms with Crippen LogP contribution in [0.15, 0.2) is 58.6 Å². The molecule has 0 unspecified atom stereocenters. The first-order valence-electron chi connectivity index (χ1n) is 9.23. The summed E-state index contributed by atoms with van der Waals surface area (Å²) in [6.07, 6.45) is 0.573. The molecule has 2 aliphatic heterocycles. The van der Waals surface area contributed by atoms with E-state index in [0.29, 0.717) is 6.42 Å². The molecule has 2 aromatic rings. The lowest BCUT2D eigenvalue weighted by Gasteiger charge is -2.22. The number of nitrogens with zero attached hydrogens (tertiary/aromatic N) is 3. The van der Waals surface area contributed by atoms with Gasteiger partial charge in [0.2, 0.25) is 0 Å². The van der Waals surface area contributed by atoms with Gasteiger partial charge in [0.1, 0.15) is 15.9 Å². The molecular formula is C21H20FN3O2S2. The minimum Gasteiger partial charge on any atom is -0.497 e. The Labute approximate surface area is 177 Å². The van der Waals surface area contributed by atoms with E-state index in [1.54, 1.807) is 36.0 Å². The van der Waals surface area contributed by atoms with Crippen molar-refractivity contribution in [3.05, 3.63) is 65.5 Å². The van der Waals surface area contributed by atoms with E-state index < -0.39 is 0 Å². The Morgan fingerprint density at radius 2 is 2.00 bits per heavy atom. The summed E-state index contributed by atoms with van der Waals surface area (Å²) in [4.78, 5) is 17.4. The smallest absolute Gasteiger partial charge is 0.253 e. The number of methoxy groups -OCH3 is 1. The molecule has 1 atom stereocenters. The summed E-state index contributed by atoms with van der Waals surface area (Å²) in [6, 6.07) is 13.6. The molecule has 2 aromatic carbocycles. The van der Waals surface area contributed by atoms with Crippen molar-refractivity contribution >= 4 is 39.5 Å². The van der Waals surface area contributed by atoms with E-state index in [1.807, 2.05) is 24.3 Å². The SMILES string of the molecule is COc1ccc(C2=NN(C(=O)CSC3=NCCS3)[C@H](c3ccc(F)cc3)C2)cc1. The highest BCUT2D eigenvalue weighted by Gasteiger charge is 2.33. The Morgan fingerprint density at radius 1 is 1.24 bits per heavy atom. The zero-order valence-corrected chi connectivity index (χ0v) is 17.5. The molecule has 2 aliphatic rings. The van der Waals surface area contributed by atoms with Gasteiger partial charge in [0.25, 0.3) is 5.91 Å². The summed E-state index contributed by atoms with van der Waals surface area (Å²) in [5.74, 6) is 1.64. The predicted molar refractivity (Wildman–Crippen MR) is 117 cm³/mol. The van der Waals surface area contributed by atoms with Gasteiger partial charge in [0, 0.05) is 12.2 Å². The van der Waals surface area contributed by atoms with Crippen molar-refractivity contribution in [3.8, 4) is 5.75 Å². The number of carbonyl (C=O) groups is 1. The molecule has 4 rings (SSSR count). The number of benzene rings is 2. The third-order valence-electron chi connectivity index (χ3n) is 4.72. The van der Waals surface area contributed by atoms with Crippen molar-refractivity contribution < 1.29 is 13.9 Å². The van der Waals surface area contributed by atoms with Gasteiger partial charge in [-0.05, 0) is 47.5 Å². The maximum absolute atomic E-state index is 13.4. The number of ether oxygens (including phenoxy) is 1. The van der Waals surface area contributed by atoms with Crippen LogP contribution in [0, 0.1) is 5.82 Å². The lowest BCUT2D eigenvalue weighted by atomic mass is 9.98. The van der Waals surface area contributed by atoms with E-state index in [4.69, 9.17) is 4.74 Å². The molecule has 0 aromatic heterocycles. The van der Waals surface area contributed by atoms with Gasteiger partial charge in [0.05, 0.1) is 31.2 Å². The number of aliphatic imine (C=N–C) groups is 1. The van der Waals surface area contributed by atoms with Gasteiger partial charge < -0.3 is 4.74 Å². The quantitative estimate of drug-likeness (QED) is 0.709. The number of halogens is 1. The molecule has 5 nitrogen and oxygen atoms in total. The van der Waals surface area contributed by atoms with Crippen LogP contribution in [0.3, 0.4) is 0 Å². The van der Waals surface area contributed by atoms with E-state index in [1.165, 1.54) is 23.9 Å². The second-order valence-electron chi connectivity index (χ2n) is 6.57. The molecule has 0 saturated heterocycles. The molecule has 0 aliphatic carbocycles. The monoisotopic (exact) mass is 429 g/mol. The van der Waals surface area contributed by atoms with Gasteiger partial charge >= 0.3 is 0 Å². The van der Waals surface area contributed by atoms with E-state index >= 15 is 0 Å². The molecule has 8 heteroatoms. The molecule has 0 saturated carbocycles. The van der Waals surface area contributed by atoms with Gasteiger partial charge in [-0.15, -0.1) is 0 Å². The third-order valence-corrected chi connectivity index (χ3v) is 6.96. The Bertz CT molecular complexity index is 945. The molecule has 0 bridgehead atoms. The normalized spacial score (nSPS) is 18.6. The Balaban J connectivity index is 1.57. The van der Waals surface area contributed by atoms with Gasteiger partial charge in [-0.25, -0.2) is 9.40 Å². The van der Waals surface area contributed by atoms with E-state index in [9.17, 15) is 9.18 Å². The van der Waals surface area contributed by atoms with Crippen LogP contribution in [-0.4, -0.2) is 46.2 Å². The summed E-state index contributed by atoms with van der Waals surface area (Å²) >= 11 is 3.14. The van der Waals surface area contributed by atoms with Crippen LogP contribution in [0.4, 0.5) is 4.39 Å². The van der Waals surface area contributed by atoms with Crippen LogP contribution in [0.1, 0.15) is 23.6 Å². The fourth-order valence-electron chi connectivity index (χ4n) is 3.24. The van der Waals surface area contributed by atoms with Crippen molar-refractivity contribution in [2.45, 2.75) is 12.5 Å². The predicted octanol–water partition coefficient (Wildman–Crippen LogP) is 4.35. The average Bonchev–Trinajstić information content (AvgIpc) is 3.43. The minimum atomic E-state index is -0.298. The first-order chi connectivity index (χ1) is 14.1. The third kappa shape index (κ3) is 4.64. The molecule has 2 heterocycles. The lowest BCUT2D eigenvalue weighted by Crippen LogP contribution is -2.28. The van der Waals surface area contributed by atoms with Crippen molar-refractivity contribution in [1.82, 2.24) is 5.01 Å². The summed E-state index contributed by atoms with van der Waals surface area (Å²) in [5, 5.41) is 6.19. The van der Waals surface area contributed by atoms with Gasteiger partial charge in [-0.1, -0.05) is 35.7 Å². The van der Waals surface area contributed by atoms with Crippen LogP contribution in [0.5, 0.6) is 5.75 Å². The van der Waals surface area contributed by atoms with Crippen molar-refractivity contribution in [2.75, 3.05) is 25.2 Å². The summed E-state index contributed by atoms with van der Waals surface area (Å²) in [6.45, 7) is 0.808. The largest absolute Gasteiger partial charge is 0.497 e. The van der Waals surface area contributed by atoms with Crippen molar-refractivity contribution in [3.63, 3.8) is 0 Å². The van der Waals surface area contributed by atoms with Gasteiger partial charge in [-0.3, -0.25) is 9.79 Å². The first kappa shape index (κ1) is 20.0. The maximum Gasteiger partial charge on any atom is 0.253 e. The molecule has 29 heavy (non-hydrogen) atoms. The van der Waals surface area contributed by atoms with Crippen LogP contribution >= 0.6 is 23.5 Å². The molecule has 0 fully saturated rings. The average molecular weight is 430 g/mol. The van der Waals surface area contributed by atoms with E-state index in [-0.39, 0.29) is 23.5 Å². The summed E-state index contributed by atoms with van der Waals surface area (Å²) in [7, 11) is 1.62. The van der Waals surface area contributed by atoms with Gasteiger partial charge in [-0.2, -0.15) is 5.10 Å². The molecule has 150 valence electrons. The van der Waals surface area contributed by atoms with Gasteiger partial charge in [0.15, 0.2) is 0 Å². The second kappa shape index (κ2) is 9.00. The Hall–Kier alpha value is -2.32. The molecular weight excluding hydrogens is 409 g/mol. The summed E-state index contributed by atoms with van der Waals surface area (Å²) in [5.41, 5.74) is 2.63. The number of thioether (sulfide) groups is 2. The topological polar surface area (TPSA) is 54.3 Å². The number of hydrogen-bond acceptors (Lipinski definition) is 6. The first-order valence-corrected chi connectivity index (χ1v) is 11.2. The zero-order valence-electron chi connectivity index (χ0n) is 15.9. The number of hydrazone groups is 1.